The van der Waals surface area contributed by atoms with Crippen LogP contribution in [0.25, 0.3) is 11.1 Å². The summed E-state index contributed by atoms with van der Waals surface area (Å²) in [5.41, 5.74) is 2.49. The van der Waals surface area contributed by atoms with Gasteiger partial charge < -0.3 is 14.6 Å². The van der Waals surface area contributed by atoms with E-state index in [-0.39, 0.29) is 5.69 Å². The Morgan fingerprint density at radius 2 is 1.82 bits per heavy atom. The summed E-state index contributed by atoms with van der Waals surface area (Å²) in [5.74, 6) is -0.645. The van der Waals surface area contributed by atoms with E-state index in [1.54, 1.807) is 26.4 Å². The molecule has 0 saturated carbocycles. The highest BCUT2D eigenvalue weighted by molar-refractivity contribution is 5.93. The average molecular weight is 453 g/mol. The van der Waals surface area contributed by atoms with E-state index in [0.717, 1.165) is 42.8 Å². The van der Waals surface area contributed by atoms with Crippen molar-refractivity contribution in [3.63, 3.8) is 0 Å². The summed E-state index contributed by atoms with van der Waals surface area (Å²) < 4.78 is 13.2. The molecule has 0 fully saturated rings. The summed E-state index contributed by atoms with van der Waals surface area (Å²) in [5, 5.41) is 14.2. The number of methoxy groups -OCH3 is 2. The maximum atomic E-state index is 11.5. The largest absolute Gasteiger partial charge is 0.476 e. The van der Waals surface area contributed by atoms with E-state index in [1.807, 2.05) is 35.9 Å². The van der Waals surface area contributed by atoms with Crippen molar-refractivity contribution < 1.29 is 19.4 Å². The van der Waals surface area contributed by atoms with Gasteiger partial charge in [-0.05, 0) is 23.6 Å². The summed E-state index contributed by atoms with van der Waals surface area (Å²) in [4.78, 5) is 20.3. The molecule has 0 bridgehead atoms. The number of carbonyl (C=O) groups is 1. The molecule has 0 aliphatic rings. The predicted octanol–water partition coefficient (Wildman–Crippen LogP) is 4.67. The van der Waals surface area contributed by atoms with E-state index in [0.29, 0.717) is 24.2 Å². The van der Waals surface area contributed by atoms with E-state index in [1.165, 1.54) is 6.20 Å². The Bertz CT molecular complexity index is 1050. The standard InChI is InChI=1S/C25H32N4O4/c1-5-7-8-16-29-21(27-24(28-29)25(6-2,32-3)33-4)17-18-11-13-19(14-12-18)20-10-9-15-26-22(20)23(30)31/h9-15H,5-8,16-17H2,1-4H3,(H,30,31). The molecule has 3 rings (SSSR count). The van der Waals surface area contributed by atoms with Crippen LogP contribution in [0.5, 0.6) is 0 Å². The first-order chi connectivity index (χ1) is 16.0. The molecule has 1 aromatic carbocycles. The molecular formula is C25H32N4O4. The number of nitrogens with zero attached hydrogens (tertiary/aromatic N) is 4. The maximum Gasteiger partial charge on any atom is 0.355 e. The van der Waals surface area contributed by atoms with Gasteiger partial charge in [0.15, 0.2) is 5.69 Å². The number of aromatic carboxylic acids is 1. The van der Waals surface area contributed by atoms with Gasteiger partial charge in [-0.1, -0.05) is 57.0 Å². The Balaban J connectivity index is 1.89. The average Bonchev–Trinajstić information content (AvgIpc) is 3.24. The van der Waals surface area contributed by atoms with E-state index in [4.69, 9.17) is 19.6 Å². The smallest absolute Gasteiger partial charge is 0.355 e. The van der Waals surface area contributed by atoms with Crippen molar-refractivity contribution in [3.8, 4) is 11.1 Å². The summed E-state index contributed by atoms with van der Waals surface area (Å²) in [6, 6.07) is 11.3. The van der Waals surface area contributed by atoms with Gasteiger partial charge in [0.25, 0.3) is 0 Å². The van der Waals surface area contributed by atoms with Crippen molar-refractivity contribution in [2.75, 3.05) is 14.2 Å². The lowest BCUT2D eigenvalue weighted by Gasteiger charge is -2.26. The summed E-state index contributed by atoms with van der Waals surface area (Å²) >= 11 is 0. The third-order valence-electron chi connectivity index (χ3n) is 5.82. The van der Waals surface area contributed by atoms with Gasteiger partial charge in [0.05, 0.1) is 0 Å². The molecule has 8 heteroatoms. The topological polar surface area (TPSA) is 99.4 Å². The first-order valence-electron chi connectivity index (χ1n) is 11.3. The summed E-state index contributed by atoms with van der Waals surface area (Å²) in [6.07, 6.45) is 5.92. The molecule has 1 N–H and O–H groups in total. The van der Waals surface area contributed by atoms with Gasteiger partial charge in [0.2, 0.25) is 11.6 Å². The summed E-state index contributed by atoms with van der Waals surface area (Å²) in [7, 11) is 3.21. The Morgan fingerprint density at radius 3 is 2.42 bits per heavy atom. The molecular weight excluding hydrogens is 420 g/mol. The van der Waals surface area contributed by atoms with E-state index < -0.39 is 11.8 Å². The second-order valence-corrected chi connectivity index (χ2v) is 7.88. The fourth-order valence-corrected chi connectivity index (χ4v) is 3.86. The predicted molar refractivity (Wildman–Crippen MR) is 125 cm³/mol. The number of carboxylic acids is 1. The fraction of sp³-hybridized carbons (Fsp3) is 0.440. The monoisotopic (exact) mass is 452 g/mol. The van der Waals surface area contributed by atoms with Gasteiger partial charge >= 0.3 is 5.97 Å². The molecule has 0 unspecified atom stereocenters. The molecule has 0 aliphatic heterocycles. The quantitative estimate of drug-likeness (QED) is 0.315. The van der Waals surface area contributed by atoms with Gasteiger partial charge in [-0.2, -0.15) is 5.10 Å². The number of benzene rings is 1. The van der Waals surface area contributed by atoms with Crippen LogP contribution in [0.4, 0.5) is 0 Å². The van der Waals surface area contributed by atoms with Crippen LogP contribution >= 0.6 is 0 Å². The van der Waals surface area contributed by atoms with E-state index >= 15 is 0 Å². The normalized spacial score (nSPS) is 11.6. The Hall–Kier alpha value is -3.10. The molecule has 2 aromatic heterocycles. The van der Waals surface area contributed by atoms with Gasteiger partial charge in [-0.3, -0.25) is 0 Å². The third-order valence-corrected chi connectivity index (χ3v) is 5.82. The van der Waals surface area contributed by atoms with Crippen molar-refractivity contribution >= 4 is 5.97 Å². The van der Waals surface area contributed by atoms with Crippen LogP contribution in [0.2, 0.25) is 0 Å². The molecule has 3 aromatic rings. The number of hydrogen-bond acceptors (Lipinski definition) is 6. The lowest BCUT2D eigenvalue weighted by Crippen LogP contribution is -2.31. The molecule has 0 atom stereocenters. The zero-order chi connectivity index (χ0) is 23.8. The first-order valence-corrected chi connectivity index (χ1v) is 11.3. The maximum absolute atomic E-state index is 11.5. The van der Waals surface area contributed by atoms with Crippen molar-refractivity contribution in [2.24, 2.45) is 0 Å². The molecule has 8 nitrogen and oxygen atoms in total. The highest BCUT2D eigenvalue weighted by Crippen LogP contribution is 2.28. The van der Waals surface area contributed by atoms with Gasteiger partial charge in [0, 0.05) is 45.4 Å². The zero-order valence-corrected chi connectivity index (χ0v) is 19.7. The molecule has 0 aliphatic carbocycles. The van der Waals surface area contributed by atoms with Crippen molar-refractivity contribution in [2.45, 2.75) is 58.3 Å². The number of hydrogen-bond donors (Lipinski definition) is 1. The minimum absolute atomic E-state index is 0.0422. The zero-order valence-electron chi connectivity index (χ0n) is 19.7. The lowest BCUT2D eigenvalue weighted by molar-refractivity contribution is -0.222. The van der Waals surface area contributed by atoms with Crippen molar-refractivity contribution in [3.05, 3.63) is 65.5 Å². The second kappa shape index (κ2) is 11.2. The fourth-order valence-electron chi connectivity index (χ4n) is 3.86. The molecule has 0 amide bonds. The highest BCUT2D eigenvalue weighted by Gasteiger charge is 2.35. The Labute approximate surface area is 194 Å². The number of aromatic nitrogens is 4. The molecule has 0 radical (unpaired) electrons. The molecule has 2 heterocycles. The van der Waals surface area contributed by atoms with Gasteiger partial charge in [-0.15, -0.1) is 0 Å². The van der Waals surface area contributed by atoms with Crippen LogP contribution in [-0.2, 0) is 28.2 Å². The second-order valence-electron chi connectivity index (χ2n) is 7.88. The highest BCUT2D eigenvalue weighted by atomic mass is 16.7. The van der Waals surface area contributed by atoms with Crippen molar-refractivity contribution in [1.82, 2.24) is 19.7 Å². The summed E-state index contributed by atoms with van der Waals surface area (Å²) in [6.45, 7) is 4.93. The van der Waals surface area contributed by atoms with Crippen LogP contribution < -0.4 is 0 Å². The van der Waals surface area contributed by atoms with Crippen LogP contribution in [0.15, 0.2) is 42.6 Å². The minimum Gasteiger partial charge on any atom is -0.476 e. The first kappa shape index (κ1) is 24.5. The SMILES string of the molecule is CCCCCn1nc(C(CC)(OC)OC)nc1Cc1ccc(-c2cccnc2C(=O)O)cc1. The Morgan fingerprint density at radius 1 is 1.09 bits per heavy atom. The van der Waals surface area contributed by atoms with Crippen LogP contribution in [-0.4, -0.2) is 45.0 Å². The molecule has 33 heavy (non-hydrogen) atoms. The van der Waals surface area contributed by atoms with Crippen molar-refractivity contribution in [1.29, 1.82) is 0 Å². The van der Waals surface area contributed by atoms with Crippen LogP contribution in [0, 0.1) is 0 Å². The minimum atomic E-state index is -1.04. The number of ether oxygens (including phenoxy) is 2. The number of aryl methyl sites for hydroxylation is 1. The molecule has 176 valence electrons. The van der Waals surface area contributed by atoms with Gasteiger partial charge in [0.1, 0.15) is 5.82 Å². The van der Waals surface area contributed by atoms with E-state index in [9.17, 15) is 9.90 Å². The lowest BCUT2D eigenvalue weighted by atomic mass is 10.0. The number of pyridine rings is 1. The van der Waals surface area contributed by atoms with Crippen LogP contribution in [0.3, 0.4) is 0 Å². The molecule has 0 spiro atoms. The third kappa shape index (κ3) is 5.46. The van der Waals surface area contributed by atoms with E-state index in [2.05, 4.69) is 11.9 Å². The van der Waals surface area contributed by atoms with Crippen LogP contribution in [0.1, 0.15) is 67.2 Å². The number of rotatable bonds is 12. The van der Waals surface area contributed by atoms with Gasteiger partial charge in [-0.25, -0.2) is 19.4 Å². The Kier molecular flexibility index (Phi) is 8.30. The number of unbranched alkanes of at least 4 members (excludes halogenated alkanes) is 2. The number of carboxylic acid groups (broad SMARTS) is 1. The molecule has 0 saturated heterocycles.